The summed E-state index contributed by atoms with van der Waals surface area (Å²) in [5, 5.41) is 2.65. The van der Waals surface area contributed by atoms with Gasteiger partial charge >= 0.3 is 6.09 Å². The molecule has 0 aliphatic rings. The summed E-state index contributed by atoms with van der Waals surface area (Å²) in [7, 11) is 1.56. The average molecular weight is 238 g/mol. The third kappa shape index (κ3) is 5.19. The number of methoxy groups -OCH3 is 1. The minimum absolute atomic E-state index is 0.381. The Hall–Kier alpha value is -1.78. The number of hydrogen-bond donors (Lipinski definition) is 1. The molecule has 1 aromatic rings. The highest BCUT2D eigenvalue weighted by atomic mass is 16.6. The Balaban J connectivity index is 2.42. The molecule has 0 unspecified atom stereocenters. The first-order valence-corrected chi connectivity index (χ1v) is 5.36. The van der Waals surface area contributed by atoms with Gasteiger partial charge < -0.3 is 14.8 Å². The van der Waals surface area contributed by atoms with E-state index in [1.54, 1.807) is 19.4 Å². The molecule has 0 radical (unpaired) electrons. The van der Waals surface area contributed by atoms with E-state index in [0.29, 0.717) is 12.4 Å². The van der Waals surface area contributed by atoms with Crippen LogP contribution in [0.3, 0.4) is 0 Å². The van der Waals surface area contributed by atoms with Gasteiger partial charge in [0.15, 0.2) is 0 Å². The number of rotatable bonds is 3. The van der Waals surface area contributed by atoms with Crippen LogP contribution in [-0.2, 0) is 11.3 Å². The monoisotopic (exact) mass is 238 g/mol. The van der Waals surface area contributed by atoms with Gasteiger partial charge in [0.25, 0.3) is 0 Å². The smallest absolute Gasteiger partial charge is 0.407 e. The third-order valence-corrected chi connectivity index (χ3v) is 1.84. The first kappa shape index (κ1) is 13.3. The molecule has 5 heteroatoms. The number of alkyl carbamates (subject to hydrolysis) is 1. The fourth-order valence-corrected chi connectivity index (χ4v) is 1.12. The second-order valence-electron chi connectivity index (χ2n) is 4.56. The predicted octanol–water partition coefficient (Wildman–Crippen LogP) is 2.11. The minimum atomic E-state index is -0.484. The van der Waals surface area contributed by atoms with Gasteiger partial charge in [-0.3, -0.25) is 0 Å². The molecule has 0 aliphatic carbocycles. The molecule has 0 bridgehead atoms. The number of ether oxygens (including phenoxy) is 2. The van der Waals surface area contributed by atoms with Crippen LogP contribution in [0.25, 0.3) is 0 Å². The van der Waals surface area contributed by atoms with Crippen molar-refractivity contribution in [2.45, 2.75) is 32.9 Å². The normalized spacial score (nSPS) is 10.8. The molecule has 0 saturated carbocycles. The van der Waals surface area contributed by atoms with Crippen molar-refractivity contribution >= 4 is 6.09 Å². The summed E-state index contributed by atoms with van der Waals surface area (Å²) in [6.07, 6.45) is 1.21. The number of carbonyl (C=O) groups is 1. The molecule has 0 saturated heterocycles. The maximum absolute atomic E-state index is 11.4. The number of nitrogens with zero attached hydrogens (tertiary/aromatic N) is 1. The highest BCUT2D eigenvalue weighted by Gasteiger charge is 2.15. The van der Waals surface area contributed by atoms with E-state index in [2.05, 4.69) is 10.3 Å². The summed E-state index contributed by atoms with van der Waals surface area (Å²) < 4.78 is 10.0. The first-order valence-electron chi connectivity index (χ1n) is 5.36. The number of amides is 1. The van der Waals surface area contributed by atoms with Crippen LogP contribution in [0.15, 0.2) is 18.3 Å². The Labute approximate surface area is 101 Å². The Morgan fingerprint density at radius 3 is 2.59 bits per heavy atom. The summed E-state index contributed by atoms with van der Waals surface area (Å²) in [5.74, 6) is 0.547. The van der Waals surface area contributed by atoms with Gasteiger partial charge in [0.05, 0.1) is 7.11 Å². The summed E-state index contributed by atoms with van der Waals surface area (Å²) in [5.41, 5.74) is 0.402. The Morgan fingerprint density at radius 2 is 2.12 bits per heavy atom. The van der Waals surface area contributed by atoms with Crippen LogP contribution in [0.4, 0.5) is 4.79 Å². The van der Waals surface area contributed by atoms with Crippen molar-refractivity contribution < 1.29 is 14.3 Å². The van der Waals surface area contributed by atoms with E-state index in [1.807, 2.05) is 26.8 Å². The molecule has 1 N–H and O–H groups in total. The Bertz CT molecular complexity index is 368. The standard InChI is InChI=1S/C12H18N2O3/c1-12(2,3)17-11(15)14-8-9-5-6-10(16-4)13-7-9/h5-7H,8H2,1-4H3,(H,14,15). The second-order valence-corrected chi connectivity index (χ2v) is 4.56. The van der Waals surface area contributed by atoms with Crippen LogP contribution in [0.1, 0.15) is 26.3 Å². The molecule has 1 heterocycles. The summed E-state index contributed by atoms with van der Waals surface area (Å²) in [6.45, 7) is 5.84. The van der Waals surface area contributed by atoms with Gasteiger partial charge in [-0.25, -0.2) is 9.78 Å². The van der Waals surface area contributed by atoms with E-state index < -0.39 is 11.7 Å². The SMILES string of the molecule is COc1ccc(CNC(=O)OC(C)(C)C)cn1. The van der Waals surface area contributed by atoms with Crippen molar-refractivity contribution in [3.63, 3.8) is 0 Å². The fraction of sp³-hybridized carbons (Fsp3) is 0.500. The van der Waals surface area contributed by atoms with E-state index in [1.165, 1.54) is 0 Å². The molecule has 1 amide bonds. The van der Waals surface area contributed by atoms with Gasteiger partial charge in [-0.2, -0.15) is 0 Å². The fourth-order valence-electron chi connectivity index (χ4n) is 1.12. The van der Waals surface area contributed by atoms with Crippen LogP contribution in [0.5, 0.6) is 5.88 Å². The van der Waals surface area contributed by atoms with Crippen LogP contribution in [0, 0.1) is 0 Å². The molecular formula is C12H18N2O3. The van der Waals surface area contributed by atoms with Gasteiger partial charge in [-0.1, -0.05) is 6.07 Å². The zero-order valence-electron chi connectivity index (χ0n) is 10.6. The number of pyridine rings is 1. The molecule has 1 aromatic heterocycles. The molecule has 1 rings (SSSR count). The van der Waals surface area contributed by atoms with Gasteiger partial charge in [-0.15, -0.1) is 0 Å². The minimum Gasteiger partial charge on any atom is -0.481 e. The lowest BCUT2D eigenvalue weighted by atomic mass is 10.2. The van der Waals surface area contributed by atoms with Crippen molar-refractivity contribution in [3.05, 3.63) is 23.9 Å². The molecule has 94 valence electrons. The van der Waals surface area contributed by atoms with Crippen LogP contribution in [0.2, 0.25) is 0 Å². The quantitative estimate of drug-likeness (QED) is 0.876. The van der Waals surface area contributed by atoms with Crippen LogP contribution < -0.4 is 10.1 Å². The Morgan fingerprint density at radius 1 is 1.41 bits per heavy atom. The van der Waals surface area contributed by atoms with Crippen molar-refractivity contribution in [2.24, 2.45) is 0 Å². The van der Waals surface area contributed by atoms with Crippen molar-refractivity contribution in [3.8, 4) is 5.88 Å². The molecule has 17 heavy (non-hydrogen) atoms. The number of hydrogen-bond acceptors (Lipinski definition) is 4. The molecule has 5 nitrogen and oxygen atoms in total. The molecule has 0 aliphatic heterocycles. The molecular weight excluding hydrogens is 220 g/mol. The van der Waals surface area contributed by atoms with Gasteiger partial charge in [0.1, 0.15) is 5.60 Å². The maximum Gasteiger partial charge on any atom is 0.407 e. The Kier molecular flexibility index (Phi) is 4.31. The van der Waals surface area contributed by atoms with Crippen molar-refractivity contribution in [1.82, 2.24) is 10.3 Å². The lowest BCUT2D eigenvalue weighted by Crippen LogP contribution is -2.32. The topological polar surface area (TPSA) is 60.5 Å². The lowest BCUT2D eigenvalue weighted by Gasteiger charge is -2.19. The zero-order valence-corrected chi connectivity index (χ0v) is 10.6. The predicted molar refractivity (Wildman–Crippen MR) is 63.9 cm³/mol. The van der Waals surface area contributed by atoms with Crippen LogP contribution >= 0.6 is 0 Å². The summed E-state index contributed by atoms with van der Waals surface area (Å²) in [6, 6.07) is 3.58. The van der Waals surface area contributed by atoms with Crippen molar-refractivity contribution in [2.75, 3.05) is 7.11 Å². The summed E-state index contributed by atoms with van der Waals surface area (Å²) >= 11 is 0. The highest BCUT2D eigenvalue weighted by Crippen LogP contribution is 2.08. The second kappa shape index (κ2) is 5.52. The van der Waals surface area contributed by atoms with E-state index in [0.717, 1.165) is 5.56 Å². The average Bonchev–Trinajstić information content (AvgIpc) is 2.25. The first-order chi connectivity index (χ1) is 7.90. The van der Waals surface area contributed by atoms with Gasteiger partial charge in [0, 0.05) is 18.8 Å². The lowest BCUT2D eigenvalue weighted by molar-refractivity contribution is 0.0523. The summed E-state index contributed by atoms with van der Waals surface area (Å²) in [4.78, 5) is 15.4. The van der Waals surface area contributed by atoms with Gasteiger partial charge in [-0.05, 0) is 26.3 Å². The van der Waals surface area contributed by atoms with Gasteiger partial charge in [0.2, 0.25) is 5.88 Å². The van der Waals surface area contributed by atoms with Crippen LogP contribution in [-0.4, -0.2) is 23.8 Å². The third-order valence-electron chi connectivity index (χ3n) is 1.84. The van der Waals surface area contributed by atoms with Crippen molar-refractivity contribution in [1.29, 1.82) is 0 Å². The van der Waals surface area contributed by atoms with E-state index in [-0.39, 0.29) is 0 Å². The molecule has 0 atom stereocenters. The largest absolute Gasteiger partial charge is 0.481 e. The number of aromatic nitrogens is 1. The highest BCUT2D eigenvalue weighted by molar-refractivity contribution is 5.67. The zero-order chi connectivity index (χ0) is 12.9. The molecule has 0 aromatic carbocycles. The number of nitrogens with one attached hydrogen (secondary N) is 1. The number of carbonyl (C=O) groups excluding carboxylic acids is 1. The maximum atomic E-state index is 11.4. The van der Waals surface area contributed by atoms with E-state index in [4.69, 9.17) is 9.47 Å². The van der Waals surface area contributed by atoms with E-state index >= 15 is 0 Å². The molecule has 0 fully saturated rings. The molecule has 0 spiro atoms. The van der Waals surface area contributed by atoms with E-state index in [9.17, 15) is 4.79 Å².